The zero-order valence-electron chi connectivity index (χ0n) is 12.3. The summed E-state index contributed by atoms with van der Waals surface area (Å²) in [5, 5.41) is 9.86. The van der Waals surface area contributed by atoms with Crippen LogP contribution in [0.4, 0.5) is 0 Å². The minimum Gasteiger partial charge on any atom is -0.496 e. The number of nitrogens with one attached hydrogen (secondary N) is 1. The van der Waals surface area contributed by atoms with Crippen molar-refractivity contribution in [3.8, 4) is 11.5 Å². The molecule has 110 valence electrons. The zero-order chi connectivity index (χ0) is 14.5. The smallest absolute Gasteiger partial charge is 0.161 e. The summed E-state index contributed by atoms with van der Waals surface area (Å²) < 4.78 is 12.6. The Kier molecular flexibility index (Phi) is 5.03. The first-order valence-corrected chi connectivity index (χ1v) is 7.50. The predicted octanol–water partition coefficient (Wildman–Crippen LogP) is 2.59. The van der Waals surface area contributed by atoms with Crippen molar-refractivity contribution in [1.82, 2.24) is 15.1 Å². The average molecular weight is 295 g/mol. The lowest BCUT2D eigenvalue weighted by Gasteiger charge is -2.18. The molecule has 1 N–H and O–H groups in total. The van der Waals surface area contributed by atoms with Gasteiger partial charge >= 0.3 is 0 Å². The zero-order valence-corrected chi connectivity index (χ0v) is 13.2. The predicted molar refractivity (Wildman–Crippen MR) is 80.8 cm³/mol. The van der Waals surface area contributed by atoms with Crippen molar-refractivity contribution < 1.29 is 9.47 Å². The van der Waals surface area contributed by atoms with E-state index in [1.807, 2.05) is 17.1 Å². The number of ether oxygens (including phenoxy) is 2. The molecule has 0 amide bonds. The molecule has 5 nitrogen and oxygen atoms in total. The van der Waals surface area contributed by atoms with E-state index in [-0.39, 0.29) is 6.04 Å². The molecule has 2 aromatic rings. The Morgan fingerprint density at radius 3 is 2.80 bits per heavy atom. The summed E-state index contributed by atoms with van der Waals surface area (Å²) in [6.45, 7) is 3.08. The van der Waals surface area contributed by atoms with Crippen LogP contribution >= 0.6 is 11.3 Å². The van der Waals surface area contributed by atoms with Crippen LogP contribution in [0.15, 0.2) is 17.6 Å². The molecular formula is C14H21N3O2S. The summed E-state index contributed by atoms with van der Waals surface area (Å²) in [6, 6.07) is 2.12. The summed E-state index contributed by atoms with van der Waals surface area (Å²) in [7, 11) is 5.29. The maximum atomic E-state index is 5.43. The van der Waals surface area contributed by atoms with Crippen molar-refractivity contribution in [3.63, 3.8) is 0 Å². The van der Waals surface area contributed by atoms with Crippen molar-refractivity contribution in [2.24, 2.45) is 7.05 Å². The number of rotatable bonds is 7. The molecule has 20 heavy (non-hydrogen) atoms. The van der Waals surface area contributed by atoms with Crippen LogP contribution in [-0.2, 0) is 7.05 Å². The normalized spacial score (nSPS) is 12.4. The van der Waals surface area contributed by atoms with Crippen molar-refractivity contribution in [3.05, 3.63) is 28.2 Å². The van der Waals surface area contributed by atoms with Crippen LogP contribution in [0.5, 0.6) is 11.5 Å². The van der Waals surface area contributed by atoms with Gasteiger partial charge in [0, 0.05) is 17.3 Å². The van der Waals surface area contributed by atoms with Crippen molar-refractivity contribution in [2.45, 2.75) is 19.4 Å². The first-order valence-electron chi connectivity index (χ1n) is 6.62. The van der Waals surface area contributed by atoms with Gasteiger partial charge < -0.3 is 14.8 Å². The van der Waals surface area contributed by atoms with Crippen molar-refractivity contribution in [2.75, 3.05) is 20.8 Å². The van der Waals surface area contributed by atoms with Crippen LogP contribution in [0.25, 0.3) is 0 Å². The maximum absolute atomic E-state index is 5.43. The number of thiophene rings is 1. The molecule has 0 saturated heterocycles. The third kappa shape index (κ3) is 2.96. The van der Waals surface area contributed by atoms with Crippen LogP contribution in [0.3, 0.4) is 0 Å². The fourth-order valence-electron chi connectivity index (χ4n) is 2.13. The Morgan fingerprint density at radius 2 is 2.20 bits per heavy atom. The Bertz CT molecular complexity index is 550. The van der Waals surface area contributed by atoms with Gasteiger partial charge in [0.05, 0.1) is 26.5 Å². The van der Waals surface area contributed by atoms with Crippen LogP contribution < -0.4 is 14.8 Å². The van der Waals surface area contributed by atoms with E-state index in [2.05, 4.69) is 23.4 Å². The number of aryl methyl sites for hydroxylation is 1. The van der Waals surface area contributed by atoms with E-state index in [4.69, 9.17) is 9.47 Å². The summed E-state index contributed by atoms with van der Waals surface area (Å²) in [4.78, 5) is 1.19. The molecule has 0 radical (unpaired) electrons. The van der Waals surface area contributed by atoms with Gasteiger partial charge in [-0.25, -0.2) is 0 Å². The van der Waals surface area contributed by atoms with Crippen LogP contribution in [0.1, 0.15) is 30.0 Å². The van der Waals surface area contributed by atoms with Gasteiger partial charge in [0.1, 0.15) is 11.4 Å². The second-order valence-corrected chi connectivity index (χ2v) is 5.44. The highest BCUT2D eigenvalue weighted by molar-refractivity contribution is 7.10. The van der Waals surface area contributed by atoms with E-state index in [0.717, 1.165) is 30.2 Å². The summed E-state index contributed by atoms with van der Waals surface area (Å²) in [5.74, 6) is 1.68. The SMILES string of the molecule is CCCNC(c1cc(OC)cs1)c1c(OC)cnn1C. The molecule has 2 aromatic heterocycles. The quantitative estimate of drug-likeness (QED) is 0.853. The van der Waals surface area contributed by atoms with Gasteiger partial charge in [-0.05, 0) is 19.0 Å². The number of hydrogen-bond donors (Lipinski definition) is 1. The second-order valence-electron chi connectivity index (χ2n) is 4.50. The summed E-state index contributed by atoms with van der Waals surface area (Å²) >= 11 is 1.67. The van der Waals surface area contributed by atoms with E-state index in [1.165, 1.54) is 4.88 Å². The van der Waals surface area contributed by atoms with Gasteiger partial charge in [-0.15, -0.1) is 11.3 Å². The highest BCUT2D eigenvalue weighted by Crippen LogP contribution is 2.34. The molecule has 0 spiro atoms. The number of aromatic nitrogens is 2. The third-order valence-electron chi connectivity index (χ3n) is 3.16. The molecular weight excluding hydrogens is 274 g/mol. The molecule has 0 aliphatic carbocycles. The Labute approximate surface area is 123 Å². The molecule has 0 bridgehead atoms. The molecule has 2 rings (SSSR count). The van der Waals surface area contributed by atoms with Gasteiger partial charge in [-0.2, -0.15) is 5.10 Å². The Hall–Kier alpha value is -1.53. The molecule has 1 unspecified atom stereocenters. The van der Waals surface area contributed by atoms with E-state index in [0.29, 0.717) is 0 Å². The number of nitrogens with zero attached hydrogens (tertiary/aromatic N) is 2. The molecule has 0 fully saturated rings. The lowest BCUT2D eigenvalue weighted by Crippen LogP contribution is -2.25. The first-order chi connectivity index (χ1) is 9.71. The molecule has 0 saturated carbocycles. The van der Waals surface area contributed by atoms with E-state index >= 15 is 0 Å². The second kappa shape index (κ2) is 6.76. The molecule has 0 aliphatic rings. The topological polar surface area (TPSA) is 48.3 Å². The van der Waals surface area contributed by atoms with Crippen molar-refractivity contribution in [1.29, 1.82) is 0 Å². The fraction of sp³-hybridized carbons (Fsp3) is 0.500. The average Bonchev–Trinajstić information content (AvgIpc) is 3.07. The first kappa shape index (κ1) is 14.9. The van der Waals surface area contributed by atoms with Crippen LogP contribution in [0, 0.1) is 0 Å². The monoisotopic (exact) mass is 295 g/mol. The Morgan fingerprint density at radius 1 is 1.40 bits per heavy atom. The molecule has 0 aromatic carbocycles. The van der Waals surface area contributed by atoms with Gasteiger partial charge in [0.25, 0.3) is 0 Å². The molecule has 2 heterocycles. The molecule has 1 atom stereocenters. The van der Waals surface area contributed by atoms with E-state index in [1.54, 1.807) is 31.8 Å². The molecule has 0 aliphatic heterocycles. The largest absolute Gasteiger partial charge is 0.496 e. The standard InChI is InChI=1S/C14H21N3O2S/c1-5-6-15-13(12-7-10(18-3)9-20-12)14-11(19-4)8-16-17(14)2/h7-9,13,15H,5-6H2,1-4H3. The lowest BCUT2D eigenvalue weighted by molar-refractivity contribution is 0.400. The lowest BCUT2D eigenvalue weighted by atomic mass is 10.1. The van der Waals surface area contributed by atoms with Crippen LogP contribution in [0.2, 0.25) is 0 Å². The minimum absolute atomic E-state index is 0.0614. The minimum atomic E-state index is 0.0614. The number of hydrogen-bond acceptors (Lipinski definition) is 5. The van der Waals surface area contributed by atoms with Gasteiger partial charge in [0.2, 0.25) is 0 Å². The third-order valence-corrected chi connectivity index (χ3v) is 4.13. The maximum Gasteiger partial charge on any atom is 0.161 e. The summed E-state index contributed by atoms with van der Waals surface area (Å²) in [5.41, 5.74) is 1.03. The highest BCUT2D eigenvalue weighted by atomic mass is 32.1. The van der Waals surface area contributed by atoms with Crippen molar-refractivity contribution >= 4 is 11.3 Å². The Balaban J connectivity index is 2.38. The van der Waals surface area contributed by atoms with E-state index < -0.39 is 0 Å². The van der Waals surface area contributed by atoms with E-state index in [9.17, 15) is 0 Å². The van der Waals surface area contributed by atoms with Gasteiger partial charge in [-0.1, -0.05) is 6.92 Å². The number of methoxy groups -OCH3 is 2. The molecule has 6 heteroatoms. The van der Waals surface area contributed by atoms with Crippen LogP contribution in [-0.4, -0.2) is 30.5 Å². The fourth-order valence-corrected chi connectivity index (χ4v) is 3.06. The summed E-state index contributed by atoms with van der Waals surface area (Å²) in [6.07, 6.45) is 2.82. The van der Waals surface area contributed by atoms with Gasteiger partial charge in [0.15, 0.2) is 5.75 Å². The van der Waals surface area contributed by atoms with Gasteiger partial charge in [-0.3, -0.25) is 4.68 Å². The highest BCUT2D eigenvalue weighted by Gasteiger charge is 2.23.